The van der Waals surface area contributed by atoms with Gasteiger partial charge in [0.15, 0.2) is 0 Å². The van der Waals surface area contributed by atoms with E-state index in [9.17, 15) is 0 Å². The number of rotatable bonds is 2. The summed E-state index contributed by atoms with van der Waals surface area (Å²) >= 11 is 0. The molecular weight excluding hydrogens is 178 g/mol. The summed E-state index contributed by atoms with van der Waals surface area (Å²) in [4.78, 5) is 8.06. The SMILES string of the molecule is ONC=Nc1cccc2cnccc12. The maximum atomic E-state index is 8.39. The van der Waals surface area contributed by atoms with E-state index in [1.807, 2.05) is 29.7 Å². The normalized spacial score (nSPS) is 10.9. The second-order valence-electron chi connectivity index (χ2n) is 2.76. The molecule has 1 aromatic heterocycles. The second-order valence-corrected chi connectivity index (χ2v) is 2.76. The monoisotopic (exact) mass is 187 g/mol. The summed E-state index contributed by atoms with van der Waals surface area (Å²) < 4.78 is 0. The van der Waals surface area contributed by atoms with Gasteiger partial charge in [-0.2, -0.15) is 0 Å². The molecule has 0 amide bonds. The number of fused-ring (bicyclic) bond motifs is 1. The van der Waals surface area contributed by atoms with Gasteiger partial charge in [0.05, 0.1) is 5.69 Å². The van der Waals surface area contributed by atoms with Crippen LogP contribution in [0.1, 0.15) is 0 Å². The lowest BCUT2D eigenvalue weighted by Gasteiger charge is -1.99. The smallest absolute Gasteiger partial charge is 0.113 e. The first-order valence-electron chi connectivity index (χ1n) is 4.17. The fourth-order valence-corrected chi connectivity index (χ4v) is 1.32. The van der Waals surface area contributed by atoms with E-state index in [1.165, 1.54) is 6.34 Å². The molecule has 0 spiro atoms. The summed E-state index contributed by atoms with van der Waals surface area (Å²) in [6.07, 6.45) is 4.73. The molecule has 14 heavy (non-hydrogen) atoms. The number of aromatic nitrogens is 1. The number of nitrogens with zero attached hydrogens (tertiary/aromatic N) is 2. The Labute approximate surface area is 80.9 Å². The first kappa shape index (κ1) is 8.65. The van der Waals surface area contributed by atoms with Gasteiger partial charge in [-0.25, -0.2) is 4.99 Å². The molecule has 0 aliphatic heterocycles. The van der Waals surface area contributed by atoms with Crippen LogP contribution < -0.4 is 5.48 Å². The van der Waals surface area contributed by atoms with Crippen molar-refractivity contribution in [1.29, 1.82) is 0 Å². The lowest BCUT2D eigenvalue weighted by atomic mass is 10.1. The minimum absolute atomic E-state index is 0.798. The molecule has 0 aliphatic carbocycles. The van der Waals surface area contributed by atoms with Crippen molar-refractivity contribution in [3.63, 3.8) is 0 Å². The zero-order valence-corrected chi connectivity index (χ0v) is 7.38. The molecule has 1 aromatic carbocycles. The van der Waals surface area contributed by atoms with Crippen LogP contribution in [-0.4, -0.2) is 16.5 Å². The quantitative estimate of drug-likeness (QED) is 0.428. The van der Waals surface area contributed by atoms with E-state index in [0.29, 0.717) is 0 Å². The van der Waals surface area contributed by atoms with Crippen molar-refractivity contribution in [3.8, 4) is 0 Å². The molecule has 0 bridgehead atoms. The maximum absolute atomic E-state index is 8.39. The van der Waals surface area contributed by atoms with Gasteiger partial charge in [0.2, 0.25) is 0 Å². The van der Waals surface area contributed by atoms with Crippen LogP contribution in [0.25, 0.3) is 10.8 Å². The van der Waals surface area contributed by atoms with Crippen molar-refractivity contribution >= 4 is 22.8 Å². The van der Waals surface area contributed by atoms with Crippen LogP contribution in [0, 0.1) is 0 Å². The van der Waals surface area contributed by atoms with Gasteiger partial charge in [0.1, 0.15) is 6.34 Å². The Balaban J connectivity index is 2.59. The molecule has 0 saturated heterocycles. The molecule has 2 N–H and O–H groups in total. The number of nitrogens with one attached hydrogen (secondary N) is 1. The highest BCUT2D eigenvalue weighted by Gasteiger charge is 1.96. The Morgan fingerprint density at radius 3 is 3.14 bits per heavy atom. The molecule has 0 fully saturated rings. The molecule has 70 valence electrons. The zero-order chi connectivity index (χ0) is 9.80. The average Bonchev–Trinajstić information content (AvgIpc) is 2.26. The number of hydroxylamine groups is 1. The number of hydrogen-bond acceptors (Lipinski definition) is 3. The molecule has 0 unspecified atom stereocenters. The van der Waals surface area contributed by atoms with E-state index in [0.717, 1.165) is 16.5 Å². The number of benzene rings is 1. The van der Waals surface area contributed by atoms with Gasteiger partial charge in [-0.05, 0) is 12.1 Å². The maximum Gasteiger partial charge on any atom is 0.113 e. The highest BCUT2D eigenvalue weighted by atomic mass is 16.5. The highest BCUT2D eigenvalue weighted by Crippen LogP contribution is 2.24. The molecule has 4 heteroatoms. The Kier molecular flexibility index (Phi) is 2.38. The summed E-state index contributed by atoms with van der Waals surface area (Å²) in [6.45, 7) is 0. The van der Waals surface area contributed by atoms with E-state index in [1.54, 1.807) is 12.4 Å². The summed E-state index contributed by atoms with van der Waals surface area (Å²) in [5.41, 5.74) is 2.67. The summed E-state index contributed by atoms with van der Waals surface area (Å²) in [5, 5.41) is 10.4. The van der Waals surface area contributed by atoms with Crippen LogP contribution >= 0.6 is 0 Å². The highest BCUT2D eigenvalue weighted by molar-refractivity contribution is 5.92. The average molecular weight is 187 g/mol. The minimum Gasteiger partial charge on any atom is -0.290 e. The summed E-state index contributed by atoms with van der Waals surface area (Å²) in [7, 11) is 0. The van der Waals surface area contributed by atoms with E-state index in [2.05, 4.69) is 9.98 Å². The van der Waals surface area contributed by atoms with E-state index < -0.39 is 0 Å². The van der Waals surface area contributed by atoms with Crippen LogP contribution in [-0.2, 0) is 0 Å². The van der Waals surface area contributed by atoms with Crippen molar-refractivity contribution in [2.75, 3.05) is 0 Å². The third-order valence-electron chi connectivity index (χ3n) is 1.92. The fraction of sp³-hybridized carbons (Fsp3) is 0. The Bertz CT molecular complexity index is 462. The molecular formula is C10H9N3O. The van der Waals surface area contributed by atoms with Gasteiger partial charge in [-0.1, -0.05) is 12.1 Å². The molecule has 0 aliphatic rings. The van der Waals surface area contributed by atoms with Gasteiger partial charge in [0, 0.05) is 23.2 Å². The van der Waals surface area contributed by atoms with Gasteiger partial charge in [-0.15, -0.1) is 0 Å². The van der Waals surface area contributed by atoms with Crippen molar-refractivity contribution in [1.82, 2.24) is 10.5 Å². The Hall–Kier alpha value is -1.94. The number of hydrogen-bond donors (Lipinski definition) is 2. The van der Waals surface area contributed by atoms with Crippen molar-refractivity contribution < 1.29 is 5.21 Å². The summed E-state index contributed by atoms with van der Waals surface area (Å²) in [5.74, 6) is 0. The third-order valence-corrected chi connectivity index (χ3v) is 1.92. The molecule has 0 radical (unpaired) electrons. The van der Waals surface area contributed by atoms with Gasteiger partial charge >= 0.3 is 0 Å². The predicted octanol–water partition coefficient (Wildman–Crippen LogP) is 1.87. The summed E-state index contributed by atoms with van der Waals surface area (Å²) in [6, 6.07) is 7.62. The van der Waals surface area contributed by atoms with Crippen molar-refractivity contribution in [3.05, 3.63) is 36.7 Å². The van der Waals surface area contributed by atoms with Crippen LogP contribution in [0.15, 0.2) is 41.7 Å². The van der Waals surface area contributed by atoms with Crippen molar-refractivity contribution in [2.45, 2.75) is 0 Å². The molecule has 0 saturated carbocycles. The van der Waals surface area contributed by atoms with Crippen molar-refractivity contribution in [2.24, 2.45) is 4.99 Å². The molecule has 0 atom stereocenters. The Morgan fingerprint density at radius 2 is 2.29 bits per heavy atom. The van der Waals surface area contributed by atoms with E-state index in [-0.39, 0.29) is 0 Å². The lowest BCUT2D eigenvalue weighted by molar-refractivity contribution is 0.240. The zero-order valence-electron chi connectivity index (χ0n) is 7.38. The predicted molar refractivity (Wildman–Crippen MR) is 54.8 cm³/mol. The third kappa shape index (κ3) is 1.55. The standard InChI is InChI=1S/C10H9N3O/c14-13-7-12-10-3-1-2-8-6-11-5-4-9(8)10/h1-7,14H,(H,12,13). The number of aliphatic imine (C=N–C) groups is 1. The van der Waals surface area contributed by atoms with Gasteiger partial charge in [0.25, 0.3) is 0 Å². The fourth-order valence-electron chi connectivity index (χ4n) is 1.32. The van der Waals surface area contributed by atoms with Crippen LogP contribution in [0.3, 0.4) is 0 Å². The molecule has 2 aromatic rings. The van der Waals surface area contributed by atoms with Crippen LogP contribution in [0.2, 0.25) is 0 Å². The van der Waals surface area contributed by atoms with Gasteiger partial charge < -0.3 is 0 Å². The van der Waals surface area contributed by atoms with Crippen LogP contribution in [0.5, 0.6) is 0 Å². The minimum atomic E-state index is 0.798. The topological polar surface area (TPSA) is 57.5 Å². The van der Waals surface area contributed by atoms with Crippen LogP contribution in [0.4, 0.5) is 5.69 Å². The first-order chi connectivity index (χ1) is 6.92. The van der Waals surface area contributed by atoms with E-state index >= 15 is 0 Å². The van der Waals surface area contributed by atoms with E-state index in [4.69, 9.17) is 5.21 Å². The largest absolute Gasteiger partial charge is 0.290 e. The first-order valence-corrected chi connectivity index (χ1v) is 4.17. The number of pyridine rings is 1. The molecule has 2 rings (SSSR count). The van der Waals surface area contributed by atoms with Gasteiger partial charge in [-0.3, -0.25) is 15.7 Å². The Morgan fingerprint density at radius 1 is 1.36 bits per heavy atom. The molecule has 1 heterocycles. The lowest BCUT2D eigenvalue weighted by Crippen LogP contribution is -2.00. The second kappa shape index (κ2) is 3.85. The molecule has 4 nitrogen and oxygen atoms in total.